The van der Waals surface area contributed by atoms with Gasteiger partial charge in [0.1, 0.15) is 0 Å². The first kappa shape index (κ1) is 24.1. The number of rotatable bonds is 4. The third-order valence-corrected chi connectivity index (χ3v) is 8.19. The van der Waals surface area contributed by atoms with Crippen LogP contribution in [-0.2, 0) is 18.3 Å². The number of fused-ring (bicyclic) bond motifs is 3. The van der Waals surface area contributed by atoms with Crippen LogP contribution in [0.4, 0.5) is 17.1 Å². The molecule has 3 nitrogen and oxygen atoms in total. The molecule has 0 N–H and O–H groups in total. The van der Waals surface area contributed by atoms with E-state index < -0.39 is 0 Å². The Morgan fingerprint density at radius 3 is 1.68 bits per heavy atom. The predicted molar refractivity (Wildman–Crippen MR) is 155 cm³/mol. The first-order valence-electron chi connectivity index (χ1n) is 13.4. The summed E-state index contributed by atoms with van der Waals surface area (Å²) in [4.78, 5) is 28.6. The summed E-state index contributed by atoms with van der Waals surface area (Å²) >= 11 is 0. The van der Waals surface area contributed by atoms with Crippen LogP contribution >= 0.6 is 0 Å². The Kier molecular flexibility index (Phi) is 5.68. The number of carbonyl (C=O) groups excluding carboxylic acids is 2. The molecule has 4 aromatic carbocycles. The van der Waals surface area contributed by atoms with E-state index in [-0.39, 0.29) is 22.6 Å². The third-order valence-electron chi connectivity index (χ3n) is 8.19. The van der Waals surface area contributed by atoms with E-state index in [1.165, 1.54) is 28.1 Å². The maximum atomic E-state index is 13.1. The lowest BCUT2D eigenvalue weighted by Gasteiger charge is -2.42. The lowest BCUT2D eigenvalue weighted by Crippen LogP contribution is -2.31. The van der Waals surface area contributed by atoms with Crippen LogP contribution in [0.1, 0.15) is 76.2 Å². The monoisotopic (exact) mass is 497 g/mol. The van der Waals surface area contributed by atoms with Gasteiger partial charge in [-0.25, -0.2) is 0 Å². The lowest BCUT2D eigenvalue weighted by molar-refractivity contribution is 0.0990. The minimum absolute atomic E-state index is 0.119. The highest BCUT2D eigenvalue weighted by Gasteiger charge is 2.37. The van der Waals surface area contributed by atoms with Gasteiger partial charge < -0.3 is 4.90 Å². The third kappa shape index (κ3) is 3.49. The zero-order valence-electron chi connectivity index (χ0n) is 22.3. The van der Waals surface area contributed by atoms with Crippen molar-refractivity contribution in [2.24, 2.45) is 0 Å². The SMILES string of the molecule is CCc1cc(N2c3ccccc3C(C)(C)c3ccccc32)c(CC)cc1C=C1C(=O)c2ccccc2C1=O. The summed E-state index contributed by atoms with van der Waals surface area (Å²) in [5, 5.41) is 0. The van der Waals surface area contributed by atoms with Crippen molar-refractivity contribution in [3.05, 3.63) is 129 Å². The standard InChI is InChI=1S/C35H31NO2/c1-5-22-21-32(36-30-17-11-9-15-28(30)35(3,4)29-16-10-12-18-31(29)36)23(6-2)19-24(22)20-27-33(37)25-13-7-8-14-26(25)34(27)38/h7-21H,5-6H2,1-4H3. The number of carbonyl (C=O) groups is 2. The fourth-order valence-electron chi connectivity index (χ4n) is 6.11. The molecule has 0 atom stereocenters. The number of aryl methyl sites for hydroxylation is 2. The second kappa shape index (κ2) is 8.95. The molecule has 0 spiro atoms. The van der Waals surface area contributed by atoms with Crippen molar-refractivity contribution in [1.29, 1.82) is 0 Å². The number of nitrogens with zero attached hydrogens (tertiary/aromatic N) is 1. The summed E-state index contributed by atoms with van der Waals surface area (Å²) in [6.07, 6.45) is 3.42. The van der Waals surface area contributed by atoms with Crippen molar-refractivity contribution in [2.45, 2.75) is 46.0 Å². The molecule has 0 saturated carbocycles. The van der Waals surface area contributed by atoms with Gasteiger partial charge in [0.2, 0.25) is 0 Å². The topological polar surface area (TPSA) is 37.4 Å². The van der Waals surface area contributed by atoms with Crippen molar-refractivity contribution < 1.29 is 9.59 Å². The molecule has 1 heterocycles. The molecule has 3 heteroatoms. The van der Waals surface area contributed by atoms with Crippen LogP contribution in [-0.4, -0.2) is 11.6 Å². The number of hydrogen-bond donors (Lipinski definition) is 0. The number of benzene rings is 4. The van der Waals surface area contributed by atoms with E-state index in [2.05, 4.69) is 93.3 Å². The number of allylic oxidation sites excluding steroid dienone is 1. The lowest BCUT2D eigenvalue weighted by atomic mass is 9.73. The van der Waals surface area contributed by atoms with Gasteiger partial charge in [-0.1, -0.05) is 88.4 Å². The van der Waals surface area contributed by atoms with Crippen LogP contribution in [0.15, 0.2) is 90.5 Å². The highest BCUT2D eigenvalue weighted by Crippen LogP contribution is 2.52. The molecule has 188 valence electrons. The fraction of sp³-hybridized carbons (Fsp3) is 0.200. The van der Waals surface area contributed by atoms with Gasteiger partial charge in [-0.15, -0.1) is 0 Å². The van der Waals surface area contributed by atoms with E-state index in [0.29, 0.717) is 11.1 Å². The van der Waals surface area contributed by atoms with Gasteiger partial charge in [-0.3, -0.25) is 9.59 Å². The number of ketones is 2. The Labute approximate surface area is 224 Å². The average molecular weight is 498 g/mol. The van der Waals surface area contributed by atoms with E-state index in [1.54, 1.807) is 12.1 Å². The van der Waals surface area contributed by atoms with E-state index in [4.69, 9.17) is 0 Å². The van der Waals surface area contributed by atoms with Gasteiger partial charge in [0, 0.05) is 22.2 Å². The summed E-state index contributed by atoms with van der Waals surface area (Å²) in [5.41, 5.74) is 10.5. The highest BCUT2D eigenvalue weighted by atomic mass is 16.2. The summed E-state index contributed by atoms with van der Waals surface area (Å²) in [6.45, 7) is 8.88. The molecule has 38 heavy (non-hydrogen) atoms. The van der Waals surface area contributed by atoms with E-state index >= 15 is 0 Å². The quantitative estimate of drug-likeness (QED) is 0.210. The Bertz CT molecular complexity index is 1570. The molecule has 0 bridgehead atoms. The summed E-state index contributed by atoms with van der Waals surface area (Å²) in [7, 11) is 0. The number of anilines is 3. The minimum Gasteiger partial charge on any atom is -0.310 e. The van der Waals surface area contributed by atoms with E-state index in [9.17, 15) is 9.59 Å². The Morgan fingerprint density at radius 2 is 1.16 bits per heavy atom. The van der Waals surface area contributed by atoms with Crippen LogP contribution in [0.25, 0.3) is 6.08 Å². The van der Waals surface area contributed by atoms with Gasteiger partial charge in [0.25, 0.3) is 0 Å². The molecule has 6 rings (SSSR count). The smallest absolute Gasteiger partial charge is 0.197 e. The number of hydrogen-bond acceptors (Lipinski definition) is 3. The van der Waals surface area contributed by atoms with Gasteiger partial charge in [-0.2, -0.15) is 0 Å². The van der Waals surface area contributed by atoms with Crippen molar-refractivity contribution in [3.8, 4) is 0 Å². The van der Waals surface area contributed by atoms with E-state index in [0.717, 1.165) is 29.7 Å². The van der Waals surface area contributed by atoms with Crippen molar-refractivity contribution in [2.75, 3.05) is 4.90 Å². The molecule has 0 radical (unpaired) electrons. The fourth-order valence-corrected chi connectivity index (χ4v) is 6.11. The molecule has 0 aromatic heterocycles. The van der Waals surface area contributed by atoms with Crippen LogP contribution in [0.5, 0.6) is 0 Å². The maximum absolute atomic E-state index is 13.1. The van der Waals surface area contributed by atoms with Crippen molar-refractivity contribution in [1.82, 2.24) is 0 Å². The Balaban J connectivity index is 1.54. The van der Waals surface area contributed by atoms with Gasteiger partial charge in [0.15, 0.2) is 11.6 Å². The first-order valence-corrected chi connectivity index (χ1v) is 13.4. The van der Waals surface area contributed by atoms with E-state index in [1.807, 2.05) is 18.2 Å². The second-order valence-corrected chi connectivity index (χ2v) is 10.6. The summed E-state index contributed by atoms with van der Waals surface area (Å²) in [5.74, 6) is -0.369. The minimum atomic E-state index is -0.184. The maximum Gasteiger partial charge on any atom is 0.197 e. The number of para-hydroxylation sites is 2. The summed E-state index contributed by atoms with van der Waals surface area (Å²) < 4.78 is 0. The largest absolute Gasteiger partial charge is 0.310 e. The number of Topliss-reactive ketones (excluding diaryl/α,β-unsaturated/α-hetero) is 2. The summed E-state index contributed by atoms with van der Waals surface area (Å²) in [6, 6.07) is 28.9. The molecule has 0 fully saturated rings. The molecular formula is C35H31NO2. The molecule has 4 aromatic rings. The van der Waals surface area contributed by atoms with Crippen molar-refractivity contribution >= 4 is 34.7 Å². The molecule has 1 aliphatic carbocycles. The van der Waals surface area contributed by atoms with Gasteiger partial charge in [-0.05, 0) is 71.0 Å². The Morgan fingerprint density at radius 1 is 0.658 bits per heavy atom. The van der Waals surface area contributed by atoms with Gasteiger partial charge >= 0.3 is 0 Å². The van der Waals surface area contributed by atoms with Crippen LogP contribution < -0.4 is 4.90 Å². The molecule has 0 amide bonds. The first-order chi connectivity index (χ1) is 18.4. The van der Waals surface area contributed by atoms with Crippen molar-refractivity contribution in [3.63, 3.8) is 0 Å². The molecule has 0 unspecified atom stereocenters. The second-order valence-electron chi connectivity index (χ2n) is 10.6. The van der Waals surface area contributed by atoms with Crippen LogP contribution in [0.3, 0.4) is 0 Å². The molecule has 1 aliphatic heterocycles. The Hall–Kier alpha value is -4.24. The zero-order valence-corrected chi connectivity index (χ0v) is 22.3. The van der Waals surface area contributed by atoms with Gasteiger partial charge in [0.05, 0.1) is 16.9 Å². The zero-order chi connectivity index (χ0) is 26.6. The predicted octanol–water partition coefficient (Wildman–Crippen LogP) is 8.38. The normalized spacial score (nSPS) is 15.3. The van der Waals surface area contributed by atoms with Crippen LogP contribution in [0, 0.1) is 0 Å². The highest BCUT2D eigenvalue weighted by molar-refractivity contribution is 6.41. The molecule has 2 aliphatic rings. The average Bonchev–Trinajstić information content (AvgIpc) is 3.18. The molecular weight excluding hydrogens is 466 g/mol. The molecule has 0 saturated heterocycles. The van der Waals surface area contributed by atoms with Crippen LogP contribution in [0.2, 0.25) is 0 Å².